The van der Waals surface area contributed by atoms with Crippen LogP contribution in [0.2, 0.25) is 5.02 Å². The molecule has 4 rings (SSSR count). The highest BCUT2D eigenvalue weighted by molar-refractivity contribution is 6.30. The SMILES string of the molecule is CCCc1ccc(CCc2ccc3c(F)c(C#Cc4cc(F)c(Cl)c(F)c4)ccc3c2)cc1. The van der Waals surface area contributed by atoms with E-state index in [2.05, 4.69) is 43.0 Å². The van der Waals surface area contributed by atoms with Crippen LogP contribution in [0.15, 0.2) is 66.7 Å². The fourth-order valence-corrected chi connectivity index (χ4v) is 3.92. The van der Waals surface area contributed by atoms with Gasteiger partial charge in [-0.25, -0.2) is 13.2 Å². The molecule has 4 aromatic rings. The topological polar surface area (TPSA) is 0 Å². The molecule has 0 saturated heterocycles. The van der Waals surface area contributed by atoms with Crippen molar-refractivity contribution in [2.45, 2.75) is 32.6 Å². The number of benzene rings is 4. The Morgan fingerprint density at radius 2 is 1.30 bits per heavy atom. The lowest BCUT2D eigenvalue weighted by molar-refractivity contribution is 0.583. The van der Waals surface area contributed by atoms with E-state index in [1.54, 1.807) is 12.1 Å². The first-order chi connectivity index (χ1) is 15.9. The van der Waals surface area contributed by atoms with Crippen LogP contribution in [0.3, 0.4) is 0 Å². The molecule has 0 heterocycles. The molecule has 0 aliphatic heterocycles. The summed E-state index contributed by atoms with van der Waals surface area (Å²) >= 11 is 5.49. The van der Waals surface area contributed by atoms with Gasteiger partial charge in [-0.05, 0) is 59.5 Å². The number of hydrogen-bond acceptors (Lipinski definition) is 0. The third-order valence-corrected chi connectivity index (χ3v) is 5.97. The third-order valence-electron chi connectivity index (χ3n) is 5.61. The molecule has 0 amide bonds. The highest BCUT2D eigenvalue weighted by Crippen LogP contribution is 2.24. The molecule has 4 aromatic carbocycles. The second-order valence-corrected chi connectivity index (χ2v) is 8.43. The summed E-state index contributed by atoms with van der Waals surface area (Å²) in [5.74, 6) is 3.03. The minimum atomic E-state index is -0.899. The number of halogens is 4. The molecule has 0 N–H and O–H groups in total. The van der Waals surface area contributed by atoms with Gasteiger partial charge in [0.25, 0.3) is 0 Å². The molecule has 0 aromatic heterocycles. The molecule has 33 heavy (non-hydrogen) atoms. The van der Waals surface area contributed by atoms with Gasteiger partial charge in [-0.3, -0.25) is 0 Å². The van der Waals surface area contributed by atoms with E-state index in [1.165, 1.54) is 11.1 Å². The zero-order chi connectivity index (χ0) is 23.4. The standard InChI is InChI=1S/C29H22ClF3/c1-2-3-19-4-6-20(7-5-19)8-9-21-11-15-25-24(16-21)14-13-23(29(25)33)12-10-22-17-26(31)28(30)27(32)18-22/h4-7,11,13-18H,2-3,8-9H2,1H3. The van der Waals surface area contributed by atoms with E-state index in [-0.39, 0.29) is 11.1 Å². The van der Waals surface area contributed by atoms with E-state index in [9.17, 15) is 8.78 Å². The van der Waals surface area contributed by atoms with Gasteiger partial charge in [0.15, 0.2) is 0 Å². The van der Waals surface area contributed by atoms with Crippen LogP contribution in [0.5, 0.6) is 0 Å². The van der Waals surface area contributed by atoms with Crippen LogP contribution in [-0.2, 0) is 19.3 Å². The molecular weight excluding hydrogens is 441 g/mol. The van der Waals surface area contributed by atoms with Gasteiger partial charge >= 0.3 is 0 Å². The summed E-state index contributed by atoms with van der Waals surface area (Å²) in [7, 11) is 0. The molecule has 0 fully saturated rings. The van der Waals surface area contributed by atoms with Gasteiger partial charge in [0.1, 0.15) is 22.5 Å². The molecule has 0 saturated carbocycles. The molecule has 0 atom stereocenters. The van der Waals surface area contributed by atoms with Crippen molar-refractivity contribution in [2.24, 2.45) is 0 Å². The molecule has 0 nitrogen and oxygen atoms in total. The van der Waals surface area contributed by atoms with E-state index < -0.39 is 22.5 Å². The van der Waals surface area contributed by atoms with Gasteiger partial charge in [-0.15, -0.1) is 0 Å². The molecular formula is C29H22ClF3. The number of aryl methyl sites for hydroxylation is 3. The molecule has 0 aliphatic carbocycles. The monoisotopic (exact) mass is 462 g/mol. The van der Waals surface area contributed by atoms with Crippen LogP contribution >= 0.6 is 11.6 Å². The summed E-state index contributed by atoms with van der Waals surface area (Å²) in [4.78, 5) is 0. The van der Waals surface area contributed by atoms with Gasteiger partial charge in [-0.1, -0.05) is 85.3 Å². The Labute approximate surface area is 197 Å². The Balaban J connectivity index is 1.52. The first kappa shape index (κ1) is 23.0. The van der Waals surface area contributed by atoms with Gasteiger partial charge < -0.3 is 0 Å². The Kier molecular flexibility index (Phi) is 7.06. The Morgan fingerprint density at radius 3 is 1.97 bits per heavy atom. The minimum absolute atomic E-state index is 0.0898. The lowest BCUT2D eigenvalue weighted by Crippen LogP contribution is -1.94. The number of fused-ring (bicyclic) bond motifs is 1. The van der Waals surface area contributed by atoms with Gasteiger partial charge in [0.05, 0.1) is 5.56 Å². The smallest absolute Gasteiger partial charge is 0.146 e. The van der Waals surface area contributed by atoms with Crippen molar-refractivity contribution < 1.29 is 13.2 Å². The maximum absolute atomic E-state index is 15.0. The number of hydrogen-bond donors (Lipinski definition) is 0. The summed E-state index contributed by atoms with van der Waals surface area (Å²) in [5.41, 5.74) is 4.02. The van der Waals surface area contributed by atoms with Crippen LogP contribution in [0, 0.1) is 29.3 Å². The van der Waals surface area contributed by atoms with Crippen LogP contribution in [0.1, 0.15) is 41.2 Å². The third kappa shape index (κ3) is 5.41. The van der Waals surface area contributed by atoms with Crippen molar-refractivity contribution in [1.29, 1.82) is 0 Å². The molecule has 0 unspecified atom stereocenters. The predicted molar refractivity (Wildman–Crippen MR) is 129 cm³/mol. The van der Waals surface area contributed by atoms with Crippen LogP contribution in [-0.4, -0.2) is 0 Å². The second kappa shape index (κ2) is 10.1. The van der Waals surface area contributed by atoms with Gasteiger partial charge in [0.2, 0.25) is 0 Å². The zero-order valence-corrected chi connectivity index (χ0v) is 18.9. The average Bonchev–Trinajstić information content (AvgIpc) is 2.82. The Morgan fingerprint density at radius 1 is 0.697 bits per heavy atom. The predicted octanol–water partition coefficient (Wildman–Crippen LogP) is 8.05. The van der Waals surface area contributed by atoms with Crippen LogP contribution < -0.4 is 0 Å². The first-order valence-corrected chi connectivity index (χ1v) is 11.3. The summed E-state index contributed by atoms with van der Waals surface area (Å²) in [6.45, 7) is 2.17. The van der Waals surface area contributed by atoms with Gasteiger partial charge in [-0.2, -0.15) is 0 Å². The molecule has 4 heteroatoms. The second-order valence-electron chi connectivity index (χ2n) is 8.05. The van der Waals surface area contributed by atoms with Crippen molar-refractivity contribution >= 4 is 22.4 Å². The normalized spacial score (nSPS) is 10.8. The lowest BCUT2D eigenvalue weighted by Gasteiger charge is -2.07. The summed E-state index contributed by atoms with van der Waals surface area (Å²) in [6.07, 6.45) is 4.01. The molecule has 0 bridgehead atoms. The van der Waals surface area contributed by atoms with Crippen molar-refractivity contribution in [3.8, 4) is 11.8 Å². The highest BCUT2D eigenvalue weighted by atomic mass is 35.5. The maximum Gasteiger partial charge on any atom is 0.146 e. The molecule has 0 aliphatic rings. The summed E-state index contributed by atoms with van der Waals surface area (Å²) < 4.78 is 42.2. The van der Waals surface area contributed by atoms with E-state index in [4.69, 9.17) is 11.6 Å². The highest BCUT2D eigenvalue weighted by Gasteiger charge is 2.09. The largest absolute Gasteiger partial charge is 0.205 e. The first-order valence-electron chi connectivity index (χ1n) is 10.9. The van der Waals surface area contributed by atoms with Gasteiger partial charge in [0, 0.05) is 10.9 Å². The van der Waals surface area contributed by atoms with Crippen molar-refractivity contribution in [1.82, 2.24) is 0 Å². The van der Waals surface area contributed by atoms with E-state index >= 15 is 4.39 Å². The summed E-state index contributed by atoms with van der Waals surface area (Å²) in [6, 6.07) is 19.9. The van der Waals surface area contributed by atoms with E-state index in [1.807, 2.05) is 18.2 Å². The van der Waals surface area contributed by atoms with Crippen molar-refractivity contribution in [3.05, 3.63) is 117 Å². The quantitative estimate of drug-likeness (QED) is 0.208. The fraction of sp³-hybridized carbons (Fsp3) is 0.172. The zero-order valence-electron chi connectivity index (χ0n) is 18.2. The van der Waals surface area contributed by atoms with Crippen molar-refractivity contribution in [3.63, 3.8) is 0 Å². The van der Waals surface area contributed by atoms with Crippen molar-refractivity contribution in [2.75, 3.05) is 0 Å². The minimum Gasteiger partial charge on any atom is -0.205 e. The van der Waals surface area contributed by atoms with E-state index in [0.717, 1.165) is 48.8 Å². The lowest BCUT2D eigenvalue weighted by atomic mass is 9.98. The van der Waals surface area contributed by atoms with Crippen LogP contribution in [0.4, 0.5) is 13.2 Å². The average molecular weight is 463 g/mol. The van der Waals surface area contributed by atoms with E-state index in [0.29, 0.717) is 5.39 Å². The Bertz CT molecular complexity index is 1340. The fourth-order valence-electron chi connectivity index (χ4n) is 3.81. The molecule has 0 radical (unpaired) electrons. The maximum atomic E-state index is 15.0. The summed E-state index contributed by atoms with van der Waals surface area (Å²) in [5, 5.41) is 0.669. The number of rotatable bonds is 5. The molecule has 0 spiro atoms. The van der Waals surface area contributed by atoms with Crippen LogP contribution in [0.25, 0.3) is 10.8 Å². The molecule has 166 valence electrons. The Hall–Kier alpha value is -3.22.